The Morgan fingerprint density at radius 3 is 2.20 bits per heavy atom. The van der Waals surface area contributed by atoms with Gasteiger partial charge in [-0.15, -0.1) is 0 Å². The first kappa shape index (κ1) is 8.74. The summed E-state index contributed by atoms with van der Waals surface area (Å²) in [6.45, 7) is 2.69. The molecule has 2 bridgehead atoms. The van der Waals surface area contributed by atoms with E-state index in [0.717, 1.165) is 12.1 Å². The van der Waals surface area contributed by atoms with Gasteiger partial charge in [0.15, 0.2) is 0 Å². The molecule has 0 aromatic carbocycles. The van der Waals surface area contributed by atoms with Gasteiger partial charge in [-0.05, 0) is 12.8 Å². The van der Waals surface area contributed by atoms with Gasteiger partial charge in [0, 0.05) is 0 Å². The molecular weight excluding hydrogens is 239 g/mol. The van der Waals surface area contributed by atoms with Crippen LogP contribution in [0.2, 0.25) is 0 Å². The van der Waals surface area contributed by atoms with Crippen LogP contribution in [0.4, 0.5) is 0 Å². The lowest BCUT2D eigenvalue weighted by atomic mass is 10.2. The van der Waals surface area contributed by atoms with Crippen molar-refractivity contribution in [3.8, 4) is 0 Å². The third kappa shape index (κ3) is 1.62. The van der Waals surface area contributed by atoms with Gasteiger partial charge in [-0.25, -0.2) is 0 Å². The maximum absolute atomic E-state index is 3.60. The van der Waals surface area contributed by atoms with Gasteiger partial charge in [0.1, 0.15) is 0 Å². The van der Waals surface area contributed by atoms with Crippen molar-refractivity contribution in [3.63, 3.8) is 0 Å². The fraction of sp³-hybridized carbons (Fsp3) is 1.00. The van der Waals surface area contributed by atoms with Crippen LogP contribution in [0.1, 0.15) is 12.8 Å². The molecule has 0 amide bonds. The maximum atomic E-state index is 3.60. The molecule has 2 rings (SSSR count). The first-order valence-corrected chi connectivity index (χ1v) is 3.92. The average Bonchev–Trinajstić information content (AvgIpc) is 2.11. The predicted octanol–water partition coefficient (Wildman–Crippen LogP) is -4.36. The summed E-state index contributed by atoms with van der Waals surface area (Å²) >= 11 is 0. The molecule has 0 radical (unpaired) electrons. The zero-order valence-electron chi connectivity index (χ0n) is 6.36. The van der Waals surface area contributed by atoms with E-state index in [1.54, 1.807) is 4.90 Å². The highest BCUT2D eigenvalue weighted by Gasteiger charge is 2.32. The first-order chi connectivity index (χ1) is 4.34. The first-order valence-electron chi connectivity index (χ1n) is 3.92. The molecule has 2 N–H and O–H groups in total. The maximum Gasteiger partial charge on any atom is 0.0925 e. The number of halogens is 1. The van der Waals surface area contributed by atoms with Crippen LogP contribution in [0.15, 0.2) is 0 Å². The van der Waals surface area contributed by atoms with Gasteiger partial charge in [0.05, 0.1) is 32.2 Å². The summed E-state index contributed by atoms with van der Waals surface area (Å²) < 4.78 is 0. The minimum absolute atomic E-state index is 0. The number of likely N-dealkylation sites (N-methyl/N-ethyl adjacent to an activating group) is 1. The lowest BCUT2D eigenvalue weighted by molar-refractivity contribution is -0.885. The Morgan fingerprint density at radius 2 is 1.70 bits per heavy atom. The van der Waals surface area contributed by atoms with Crippen LogP contribution >= 0.6 is 0 Å². The van der Waals surface area contributed by atoms with Crippen molar-refractivity contribution in [1.82, 2.24) is 5.32 Å². The van der Waals surface area contributed by atoms with E-state index in [2.05, 4.69) is 12.4 Å². The number of likely N-dealkylation sites (tertiary alicyclic amines) is 1. The van der Waals surface area contributed by atoms with Gasteiger partial charge < -0.3 is 34.2 Å². The molecule has 2 nitrogen and oxygen atoms in total. The van der Waals surface area contributed by atoms with Crippen molar-refractivity contribution < 1.29 is 28.9 Å². The molecule has 2 aliphatic heterocycles. The topological polar surface area (TPSA) is 16.5 Å². The van der Waals surface area contributed by atoms with Crippen molar-refractivity contribution >= 4 is 0 Å². The molecule has 3 heteroatoms. The third-order valence-electron chi connectivity index (χ3n) is 2.52. The van der Waals surface area contributed by atoms with Crippen LogP contribution in [-0.2, 0) is 0 Å². The smallest absolute Gasteiger partial charge is 0.0925 e. The van der Waals surface area contributed by atoms with Crippen molar-refractivity contribution in [2.24, 2.45) is 0 Å². The van der Waals surface area contributed by atoms with Gasteiger partial charge in [-0.1, -0.05) is 0 Å². The summed E-state index contributed by atoms with van der Waals surface area (Å²) in [5.74, 6) is 0. The highest BCUT2D eigenvalue weighted by atomic mass is 127. The Bertz CT molecular complexity index is 106. The molecule has 10 heavy (non-hydrogen) atoms. The van der Waals surface area contributed by atoms with Crippen LogP contribution in [0.25, 0.3) is 0 Å². The number of rotatable bonds is 0. The van der Waals surface area contributed by atoms with E-state index in [1.165, 1.54) is 25.9 Å². The molecule has 0 aliphatic carbocycles. The summed E-state index contributed by atoms with van der Waals surface area (Å²) in [4.78, 5) is 1.71. The fourth-order valence-corrected chi connectivity index (χ4v) is 2.15. The van der Waals surface area contributed by atoms with Gasteiger partial charge >= 0.3 is 0 Å². The van der Waals surface area contributed by atoms with Crippen molar-refractivity contribution in [3.05, 3.63) is 0 Å². The van der Waals surface area contributed by atoms with E-state index in [4.69, 9.17) is 0 Å². The Kier molecular flexibility index (Phi) is 2.94. The lowest BCUT2D eigenvalue weighted by Crippen LogP contribution is -3.13. The number of hydrogen-bond donors (Lipinski definition) is 2. The molecule has 0 saturated carbocycles. The molecule has 2 atom stereocenters. The Balaban J connectivity index is 0.000000500. The largest absolute Gasteiger partial charge is 1.00 e. The normalized spacial score (nSPS) is 44.7. The predicted molar refractivity (Wildman–Crippen MR) is 36.6 cm³/mol. The second-order valence-electron chi connectivity index (χ2n) is 3.50. The van der Waals surface area contributed by atoms with Crippen LogP contribution in [0.3, 0.4) is 0 Å². The SMILES string of the molecule is C[NH+]1CC2CCC(C1)N2.[I-]. The minimum Gasteiger partial charge on any atom is -1.00 e. The Labute approximate surface area is 79.4 Å². The molecule has 2 saturated heterocycles. The zero-order valence-corrected chi connectivity index (χ0v) is 8.52. The van der Waals surface area contributed by atoms with Crippen molar-refractivity contribution in [2.45, 2.75) is 24.9 Å². The van der Waals surface area contributed by atoms with Crippen molar-refractivity contribution in [1.29, 1.82) is 0 Å². The molecule has 0 spiro atoms. The quantitative estimate of drug-likeness (QED) is 0.418. The van der Waals surface area contributed by atoms with Gasteiger partial charge in [-0.3, -0.25) is 0 Å². The van der Waals surface area contributed by atoms with E-state index in [1.807, 2.05) is 0 Å². The number of fused-ring (bicyclic) bond motifs is 2. The zero-order chi connectivity index (χ0) is 6.27. The van der Waals surface area contributed by atoms with Crippen LogP contribution in [-0.4, -0.2) is 32.2 Å². The molecule has 2 heterocycles. The number of quaternary nitrogens is 1. The second-order valence-corrected chi connectivity index (χ2v) is 3.50. The second kappa shape index (κ2) is 3.36. The summed E-state index contributed by atoms with van der Waals surface area (Å²) in [6, 6.07) is 1.70. The van der Waals surface area contributed by atoms with Gasteiger partial charge in [-0.2, -0.15) is 0 Å². The molecule has 2 unspecified atom stereocenters. The Morgan fingerprint density at radius 1 is 1.20 bits per heavy atom. The average molecular weight is 254 g/mol. The number of nitrogens with one attached hydrogen (secondary N) is 2. The molecule has 60 valence electrons. The van der Waals surface area contributed by atoms with Crippen LogP contribution in [0.5, 0.6) is 0 Å². The van der Waals surface area contributed by atoms with Gasteiger partial charge in [0.2, 0.25) is 0 Å². The van der Waals surface area contributed by atoms with Crippen LogP contribution < -0.4 is 34.2 Å². The van der Waals surface area contributed by atoms with E-state index in [9.17, 15) is 0 Å². The molecule has 2 aliphatic rings. The van der Waals surface area contributed by atoms with Gasteiger partial charge in [0.25, 0.3) is 0 Å². The van der Waals surface area contributed by atoms with Crippen LogP contribution in [0, 0.1) is 0 Å². The highest BCUT2D eigenvalue weighted by Crippen LogP contribution is 2.11. The number of hydrogen-bond acceptors (Lipinski definition) is 1. The summed E-state index contributed by atoms with van der Waals surface area (Å²) in [5, 5.41) is 3.60. The third-order valence-corrected chi connectivity index (χ3v) is 2.52. The Hall–Kier alpha value is 0.650. The highest BCUT2D eigenvalue weighted by molar-refractivity contribution is 4.85. The summed E-state index contributed by atoms with van der Waals surface area (Å²) in [7, 11) is 2.30. The minimum atomic E-state index is 0. The van der Waals surface area contributed by atoms with E-state index in [-0.39, 0.29) is 24.0 Å². The summed E-state index contributed by atoms with van der Waals surface area (Å²) in [6.07, 6.45) is 2.84. The number of piperazine rings is 1. The lowest BCUT2D eigenvalue weighted by Gasteiger charge is -2.26. The van der Waals surface area contributed by atoms with E-state index >= 15 is 0 Å². The molecular formula is C7H15IN2. The van der Waals surface area contributed by atoms with E-state index in [0.29, 0.717) is 0 Å². The van der Waals surface area contributed by atoms with Crippen molar-refractivity contribution in [2.75, 3.05) is 20.1 Å². The standard InChI is InChI=1S/C7H14N2.HI/c1-9-4-6-2-3-7(5-9)8-6;/h6-8H,2-5H2,1H3;1H. The fourth-order valence-electron chi connectivity index (χ4n) is 2.15. The van der Waals surface area contributed by atoms with E-state index < -0.39 is 0 Å². The molecule has 0 aromatic heterocycles. The molecule has 0 aromatic rings. The monoisotopic (exact) mass is 254 g/mol. The molecule has 2 fully saturated rings. The summed E-state index contributed by atoms with van der Waals surface area (Å²) in [5.41, 5.74) is 0.